The molecule has 0 saturated carbocycles. The minimum atomic E-state index is -5.08. The van der Waals surface area contributed by atoms with E-state index in [-0.39, 0.29) is 16.7 Å². The molecule has 28 heavy (non-hydrogen) atoms. The largest absolute Gasteiger partial charge is 0.465 e. The third-order valence-corrected chi connectivity index (χ3v) is 4.48. The second-order valence-electron chi connectivity index (χ2n) is 5.53. The Morgan fingerprint density at radius 2 is 1.96 bits per heavy atom. The Morgan fingerprint density at radius 1 is 1.25 bits per heavy atom. The fourth-order valence-electron chi connectivity index (χ4n) is 2.37. The number of ketones is 1. The van der Waals surface area contributed by atoms with Crippen molar-refractivity contribution in [3.63, 3.8) is 0 Å². The molecule has 0 bridgehead atoms. The smallest absolute Gasteiger partial charge is 0.337 e. The summed E-state index contributed by atoms with van der Waals surface area (Å²) in [5, 5.41) is 0. The van der Waals surface area contributed by atoms with Crippen molar-refractivity contribution in [2.75, 3.05) is 7.11 Å². The highest BCUT2D eigenvalue weighted by Gasteiger charge is 2.39. The lowest BCUT2D eigenvalue weighted by atomic mass is 10.0. The maximum Gasteiger partial charge on any atom is 0.337 e. The summed E-state index contributed by atoms with van der Waals surface area (Å²) in [6.45, 7) is 0. The number of methoxy groups -OCH3 is 1. The van der Waals surface area contributed by atoms with Gasteiger partial charge in [0.05, 0.1) is 16.8 Å². The third-order valence-electron chi connectivity index (χ3n) is 3.60. The zero-order valence-electron chi connectivity index (χ0n) is 17.5. The number of ether oxygens (including phenoxy) is 2. The Balaban J connectivity index is 1.94. The Morgan fingerprint density at radius 3 is 2.64 bits per heavy atom. The maximum absolute atomic E-state index is 12.9. The molecule has 8 nitrogen and oxygen atoms in total. The molecule has 2 aromatic rings. The van der Waals surface area contributed by atoms with Crippen molar-refractivity contribution in [2.24, 2.45) is 5.73 Å². The molecule has 0 amide bonds. The molecule has 1 aliphatic rings. The summed E-state index contributed by atoms with van der Waals surface area (Å²) < 4.78 is 64.0. The number of rotatable bonds is 6. The van der Waals surface area contributed by atoms with Crippen LogP contribution in [-0.4, -0.2) is 27.3 Å². The first-order chi connectivity index (χ1) is 14.4. The number of benzene rings is 2. The molecule has 0 unspecified atom stereocenters. The quantitative estimate of drug-likeness (QED) is 0.569. The van der Waals surface area contributed by atoms with Gasteiger partial charge in [-0.2, -0.15) is 8.42 Å². The first-order valence-electron chi connectivity index (χ1n) is 9.36. The van der Waals surface area contributed by atoms with E-state index in [0.29, 0.717) is 0 Å². The van der Waals surface area contributed by atoms with Gasteiger partial charge < -0.3 is 19.4 Å². The van der Waals surface area contributed by atoms with Gasteiger partial charge in [0.1, 0.15) is 5.70 Å². The van der Waals surface area contributed by atoms with Gasteiger partial charge in [-0.05, 0) is 17.7 Å². The average Bonchev–Trinajstić information content (AvgIpc) is 2.97. The molecule has 0 fully saturated rings. The van der Waals surface area contributed by atoms with Crippen molar-refractivity contribution >= 4 is 21.9 Å². The van der Waals surface area contributed by atoms with Crippen molar-refractivity contribution in [3.8, 4) is 0 Å². The summed E-state index contributed by atoms with van der Waals surface area (Å²) in [5.74, 6) is -3.85. The molecule has 2 N–H and O–H groups in total. The highest BCUT2D eigenvalue weighted by molar-refractivity contribution is 7.86. The highest BCUT2D eigenvalue weighted by Crippen LogP contribution is 2.33. The number of hydrogen-bond donors (Lipinski definition) is 1. The number of carbonyl (C=O) groups is 2. The number of carbonyl (C=O) groups excluding carboxylic acids is 2. The molecule has 0 radical (unpaired) electrons. The monoisotopic (exact) mass is 406 g/mol. The zero-order valence-corrected chi connectivity index (χ0v) is 15.4. The van der Waals surface area contributed by atoms with Crippen LogP contribution in [0.25, 0.3) is 0 Å². The fourth-order valence-corrected chi connectivity index (χ4v) is 3.22. The molecule has 1 atom stereocenters. The minimum absolute atomic E-state index is 0.0176. The van der Waals surface area contributed by atoms with Crippen molar-refractivity contribution < 1.29 is 35.8 Å². The summed E-state index contributed by atoms with van der Waals surface area (Å²) >= 11 is 0. The second kappa shape index (κ2) is 7.73. The van der Waals surface area contributed by atoms with Gasteiger partial charge in [-0.15, -0.1) is 0 Å². The minimum Gasteiger partial charge on any atom is -0.465 e. The number of nitrogens with two attached hydrogens (primary N) is 1. The van der Waals surface area contributed by atoms with Gasteiger partial charge in [0.15, 0.2) is 6.08 Å². The molecule has 0 aliphatic carbocycles. The van der Waals surface area contributed by atoms with Crippen molar-refractivity contribution in [3.05, 3.63) is 82.9 Å². The summed E-state index contributed by atoms with van der Waals surface area (Å²) in [6, 6.07) is 12.1. The molecule has 0 spiro atoms. The van der Waals surface area contributed by atoms with Gasteiger partial charge in [-0.25, -0.2) is 4.79 Å². The van der Waals surface area contributed by atoms with E-state index in [4.69, 9.17) is 18.8 Å². The topological polar surface area (TPSA) is 122 Å². The van der Waals surface area contributed by atoms with Crippen molar-refractivity contribution in [2.45, 2.75) is 11.8 Å². The molecule has 3 rings (SSSR count). The third kappa shape index (κ3) is 4.15. The van der Waals surface area contributed by atoms with E-state index in [0.717, 1.165) is 13.2 Å². The summed E-state index contributed by atoms with van der Waals surface area (Å²) in [7, 11) is -3.93. The van der Waals surface area contributed by atoms with Crippen LogP contribution in [0.2, 0.25) is 0 Å². The van der Waals surface area contributed by atoms with E-state index >= 15 is 0 Å². The van der Waals surface area contributed by atoms with E-state index < -0.39 is 45.3 Å². The van der Waals surface area contributed by atoms with Crippen molar-refractivity contribution in [1.29, 1.82) is 0 Å². The van der Waals surface area contributed by atoms with Gasteiger partial charge >= 0.3 is 16.1 Å². The number of esters is 1. The second-order valence-corrected chi connectivity index (χ2v) is 6.81. The molecule has 1 aliphatic heterocycles. The predicted octanol–water partition coefficient (Wildman–Crippen LogP) is 1.79. The fraction of sp³-hybridized carbons (Fsp3) is 0.158. The summed E-state index contributed by atoms with van der Waals surface area (Å²) in [4.78, 5) is 24.6. The first kappa shape index (κ1) is 15.7. The predicted molar refractivity (Wildman–Crippen MR) is 98.0 cm³/mol. The molecular weight excluding hydrogens is 386 g/mol. The molecule has 1 heterocycles. The van der Waals surface area contributed by atoms with Gasteiger partial charge in [0.2, 0.25) is 17.4 Å². The molecule has 2 aromatic carbocycles. The van der Waals surface area contributed by atoms with Crippen LogP contribution in [0.1, 0.15) is 31.7 Å². The van der Waals surface area contributed by atoms with Crippen LogP contribution in [0.5, 0.6) is 0 Å². The normalized spacial score (nSPS) is 21.3. The standard InChI is InChI=1S/C19H17NO7S/c1-25-19(22)14-9-5-8-13(10-14)16-15(21)17(18(20)26-16)27-28(23,24)11-12-6-3-2-4-7-12/h2-10,16H,11,20H2,1H3/t16-/m0/s1/i11D2,16D. The maximum atomic E-state index is 12.9. The highest BCUT2D eigenvalue weighted by atomic mass is 32.2. The average molecular weight is 406 g/mol. The lowest BCUT2D eigenvalue weighted by Gasteiger charge is -2.11. The Labute approximate surface area is 165 Å². The van der Waals surface area contributed by atoms with E-state index in [2.05, 4.69) is 4.74 Å². The molecule has 146 valence electrons. The molecular formula is C19H17NO7S. The zero-order chi connectivity index (χ0) is 23.0. The first-order valence-corrected chi connectivity index (χ1v) is 9.27. The van der Waals surface area contributed by atoms with E-state index in [1.54, 1.807) is 6.07 Å². The Kier molecular flexibility index (Phi) is 4.33. The van der Waals surface area contributed by atoms with Crippen LogP contribution in [0.4, 0.5) is 0 Å². The summed E-state index contributed by atoms with van der Waals surface area (Å²) in [6.07, 6.45) is -2.54. The van der Waals surface area contributed by atoms with Crippen LogP contribution in [0, 0.1) is 0 Å². The number of Topliss-reactive ketones (excluding diaryl/α,β-unsaturated/α-hetero) is 1. The van der Waals surface area contributed by atoms with Crippen molar-refractivity contribution in [1.82, 2.24) is 0 Å². The molecule has 0 aromatic heterocycles. The lowest BCUT2D eigenvalue weighted by Crippen LogP contribution is -2.16. The van der Waals surface area contributed by atoms with Crippen LogP contribution in [0.15, 0.2) is 66.2 Å². The van der Waals surface area contributed by atoms with E-state index in [1.807, 2.05) is 0 Å². The van der Waals surface area contributed by atoms with Crippen LogP contribution in [-0.2, 0) is 34.3 Å². The lowest BCUT2D eigenvalue weighted by molar-refractivity contribution is -0.123. The van der Waals surface area contributed by atoms with Gasteiger partial charge in [0.25, 0.3) is 0 Å². The van der Waals surface area contributed by atoms with Gasteiger partial charge in [-0.1, -0.05) is 42.5 Å². The van der Waals surface area contributed by atoms with E-state index in [1.165, 1.54) is 42.5 Å². The molecule has 9 heteroatoms. The Bertz CT molecular complexity index is 1180. The van der Waals surface area contributed by atoms with Gasteiger partial charge in [0, 0.05) is 5.56 Å². The van der Waals surface area contributed by atoms with Crippen LogP contribution >= 0.6 is 0 Å². The van der Waals surface area contributed by atoms with Gasteiger partial charge in [-0.3, -0.25) is 4.79 Å². The van der Waals surface area contributed by atoms with E-state index in [9.17, 15) is 18.0 Å². The number of hydrogen-bond acceptors (Lipinski definition) is 8. The van der Waals surface area contributed by atoms with Crippen LogP contribution < -0.4 is 5.73 Å². The SMILES string of the molecule is [2H]C([2H])(c1ccccc1)S(=O)(=O)OC1=C(N)O[C@@]([2H])(c2cccc(C(=O)OC)c2)C1=O. The molecule has 0 saturated heterocycles. The summed E-state index contributed by atoms with van der Waals surface area (Å²) in [5.41, 5.74) is 2.23. The Hall–Kier alpha value is -3.33. The van der Waals surface area contributed by atoms with Crippen LogP contribution in [0.3, 0.4) is 0 Å².